The molecular formula is C20H17ClN2O2S2. The number of benzene rings is 1. The number of rotatable bonds is 4. The summed E-state index contributed by atoms with van der Waals surface area (Å²) in [7, 11) is 0. The predicted molar refractivity (Wildman–Crippen MR) is 110 cm³/mol. The Morgan fingerprint density at radius 3 is 2.81 bits per heavy atom. The van der Waals surface area contributed by atoms with Gasteiger partial charge in [0.25, 0.3) is 5.91 Å². The van der Waals surface area contributed by atoms with Crippen molar-refractivity contribution in [1.29, 1.82) is 0 Å². The molecular weight excluding hydrogens is 400 g/mol. The van der Waals surface area contributed by atoms with E-state index in [2.05, 4.69) is 22.8 Å². The minimum atomic E-state index is -0.299. The molecule has 0 unspecified atom stereocenters. The summed E-state index contributed by atoms with van der Waals surface area (Å²) in [6.45, 7) is 0.620. The molecule has 2 amide bonds. The number of nitrogens with one attached hydrogen (secondary N) is 1. The van der Waals surface area contributed by atoms with Crippen LogP contribution in [0, 0.1) is 0 Å². The van der Waals surface area contributed by atoms with Crippen LogP contribution >= 0.6 is 34.3 Å². The van der Waals surface area contributed by atoms with Crippen molar-refractivity contribution in [2.75, 3.05) is 13.1 Å². The first-order valence-corrected chi connectivity index (χ1v) is 10.7. The van der Waals surface area contributed by atoms with Gasteiger partial charge in [0.1, 0.15) is 0 Å². The molecule has 1 aromatic carbocycles. The van der Waals surface area contributed by atoms with Crippen LogP contribution in [0.15, 0.2) is 53.2 Å². The largest absolute Gasteiger partial charge is 0.343 e. The molecule has 7 heteroatoms. The molecule has 0 bridgehead atoms. The van der Waals surface area contributed by atoms with E-state index >= 15 is 0 Å². The van der Waals surface area contributed by atoms with Crippen molar-refractivity contribution in [3.63, 3.8) is 0 Å². The molecule has 3 aromatic rings. The second kappa shape index (κ2) is 7.84. The van der Waals surface area contributed by atoms with Gasteiger partial charge in [-0.15, -0.1) is 22.7 Å². The van der Waals surface area contributed by atoms with Crippen LogP contribution in [0.4, 0.5) is 0 Å². The second-order valence-corrected chi connectivity index (χ2v) is 8.66. The highest BCUT2D eigenvalue weighted by atomic mass is 35.5. The van der Waals surface area contributed by atoms with Crippen molar-refractivity contribution in [3.8, 4) is 0 Å². The first kappa shape index (κ1) is 18.2. The van der Waals surface area contributed by atoms with E-state index in [0.29, 0.717) is 17.1 Å². The Morgan fingerprint density at radius 2 is 2.04 bits per heavy atom. The van der Waals surface area contributed by atoms with Gasteiger partial charge in [0, 0.05) is 26.9 Å². The molecule has 0 radical (unpaired) electrons. The van der Waals surface area contributed by atoms with Gasteiger partial charge < -0.3 is 10.2 Å². The quantitative estimate of drug-likeness (QED) is 0.686. The van der Waals surface area contributed by atoms with E-state index in [4.69, 9.17) is 11.6 Å². The number of fused-ring (bicyclic) bond motifs is 1. The maximum Gasteiger partial charge on any atom is 0.251 e. The molecule has 0 saturated carbocycles. The summed E-state index contributed by atoms with van der Waals surface area (Å²) in [4.78, 5) is 29.6. The predicted octanol–water partition coefficient (Wildman–Crippen LogP) is 4.37. The Labute approximate surface area is 170 Å². The third kappa shape index (κ3) is 3.78. The van der Waals surface area contributed by atoms with Gasteiger partial charge in [0.2, 0.25) is 5.91 Å². The van der Waals surface area contributed by atoms with Crippen molar-refractivity contribution in [2.24, 2.45) is 0 Å². The van der Waals surface area contributed by atoms with Crippen molar-refractivity contribution in [2.45, 2.75) is 12.5 Å². The van der Waals surface area contributed by atoms with E-state index in [9.17, 15) is 9.59 Å². The number of nitrogens with zero attached hydrogens (tertiary/aromatic N) is 1. The number of halogens is 1. The molecule has 1 N–H and O–H groups in total. The zero-order chi connectivity index (χ0) is 18.8. The number of carbonyl (C=O) groups is 2. The number of carbonyl (C=O) groups excluding carboxylic acids is 2. The Hall–Kier alpha value is -2.15. The van der Waals surface area contributed by atoms with Crippen LogP contribution in [-0.4, -0.2) is 29.8 Å². The minimum absolute atomic E-state index is 0.0350. The highest BCUT2D eigenvalue weighted by molar-refractivity contribution is 7.10. The molecule has 27 heavy (non-hydrogen) atoms. The lowest BCUT2D eigenvalue weighted by Crippen LogP contribution is -2.45. The highest BCUT2D eigenvalue weighted by Crippen LogP contribution is 2.39. The monoisotopic (exact) mass is 416 g/mol. The normalized spacial score (nSPS) is 16.0. The van der Waals surface area contributed by atoms with Crippen LogP contribution in [0.5, 0.6) is 0 Å². The third-order valence-corrected chi connectivity index (χ3v) is 6.74. The van der Waals surface area contributed by atoms with Crippen LogP contribution in [0.2, 0.25) is 5.02 Å². The molecule has 0 aliphatic carbocycles. The maximum absolute atomic E-state index is 12.9. The minimum Gasteiger partial charge on any atom is -0.343 e. The van der Waals surface area contributed by atoms with Gasteiger partial charge in [0.05, 0.1) is 12.6 Å². The van der Waals surface area contributed by atoms with E-state index in [-0.39, 0.29) is 24.4 Å². The zero-order valence-corrected chi connectivity index (χ0v) is 16.7. The molecule has 2 aromatic heterocycles. The SMILES string of the molecule is O=C(NCC(=O)N1CCc2sccc2[C@H]1c1cccs1)c1cccc(Cl)c1. The number of amides is 2. The van der Waals surface area contributed by atoms with Crippen molar-refractivity contribution in [3.05, 3.63) is 79.1 Å². The van der Waals surface area contributed by atoms with Gasteiger partial charge in [-0.2, -0.15) is 0 Å². The zero-order valence-electron chi connectivity index (χ0n) is 14.4. The number of hydrogen-bond donors (Lipinski definition) is 1. The summed E-state index contributed by atoms with van der Waals surface area (Å²) in [6, 6.07) is 12.8. The van der Waals surface area contributed by atoms with E-state index in [1.165, 1.54) is 10.4 Å². The molecule has 0 spiro atoms. The van der Waals surface area contributed by atoms with Crippen LogP contribution < -0.4 is 5.32 Å². The van der Waals surface area contributed by atoms with Crippen molar-refractivity contribution >= 4 is 46.1 Å². The Balaban J connectivity index is 1.50. The van der Waals surface area contributed by atoms with Gasteiger partial charge in [-0.05, 0) is 53.1 Å². The highest BCUT2D eigenvalue weighted by Gasteiger charge is 2.33. The Morgan fingerprint density at radius 1 is 1.15 bits per heavy atom. The molecule has 1 aliphatic rings. The molecule has 138 valence electrons. The number of hydrogen-bond acceptors (Lipinski definition) is 4. The summed E-state index contributed by atoms with van der Waals surface area (Å²) < 4.78 is 0. The van der Waals surface area contributed by atoms with Gasteiger partial charge in [-0.3, -0.25) is 9.59 Å². The summed E-state index contributed by atoms with van der Waals surface area (Å²) in [6.07, 6.45) is 0.850. The van der Waals surface area contributed by atoms with Crippen LogP contribution in [-0.2, 0) is 11.2 Å². The summed E-state index contributed by atoms with van der Waals surface area (Å²) >= 11 is 9.32. The fourth-order valence-electron chi connectivity index (χ4n) is 3.33. The molecule has 0 saturated heterocycles. The molecule has 4 nitrogen and oxygen atoms in total. The van der Waals surface area contributed by atoms with Crippen LogP contribution in [0.3, 0.4) is 0 Å². The summed E-state index contributed by atoms with van der Waals surface area (Å²) in [5.74, 6) is -0.382. The van der Waals surface area contributed by atoms with Gasteiger partial charge >= 0.3 is 0 Å². The molecule has 1 aliphatic heterocycles. The van der Waals surface area contributed by atoms with E-state index in [0.717, 1.165) is 11.3 Å². The lowest BCUT2D eigenvalue weighted by atomic mass is 9.98. The molecule has 3 heterocycles. The van der Waals surface area contributed by atoms with Crippen LogP contribution in [0.25, 0.3) is 0 Å². The fraction of sp³-hybridized carbons (Fsp3) is 0.200. The standard InChI is InChI=1S/C20H17ClN2O2S2/c21-14-4-1-3-13(11-14)20(25)22-12-18(24)23-8-6-16-15(7-10-27-16)19(23)17-5-2-9-26-17/h1-5,7,9-11,19H,6,8,12H2,(H,22,25)/t19-/m0/s1. The Kier molecular flexibility index (Phi) is 5.29. The number of thiophene rings is 2. The van der Waals surface area contributed by atoms with Gasteiger partial charge in [-0.1, -0.05) is 23.7 Å². The van der Waals surface area contributed by atoms with E-state index in [1.807, 2.05) is 16.3 Å². The molecule has 0 fully saturated rings. The van der Waals surface area contributed by atoms with Gasteiger partial charge in [-0.25, -0.2) is 0 Å². The molecule has 1 atom stereocenters. The first-order valence-electron chi connectivity index (χ1n) is 8.56. The lowest BCUT2D eigenvalue weighted by molar-refractivity contribution is -0.132. The van der Waals surface area contributed by atoms with E-state index in [1.54, 1.807) is 46.9 Å². The fourth-order valence-corrected chi connectivity index (χ4v) is 5.28. The maximum atomic E-state index is 12.9. The summed E-state index contributed by atoms with van der Waals surface area (Å²) in [5, 5.41) is 7.33. The average Bonchev–Trinajstić information content (AvgIpc) is 3.36. The smallest absolute Gasteiger partial charge is 0.251 e. The Bertz CT molecular complexity index is 968. The van der Waals surface area contributed by atoms with Crippen molar-refractivity contribution in [1.82, 2.24) is 10.2 Å². The van der Waals surface area contributed by atoms with Crippen molar-refractivity contribution < 1.29 is 9.59 Å². The molecule has 4 rings (SSSR count). The first-order chi connectivity index (χ1) is 13.1. The summed E-state index contributed by atoms with van der Waals surface area (Å²) in [5.41, 5.74) is 1.65. The van der Waals surface area contributed by atoms with Crippen LogP contribution in [0.1, 0.15) is 31.7 Å². The lowest BCUT2D eigenvalue weighted by Gasteiger charge is -2.35. The third-order valence-electron chi connectivity index (χ3n) is 4.59. The van der Waals surface area contributed by atoms with Gasteiger partial charge in [0.15, 0.2) is 0 Å². The topological polar surface area (TPSA) is 49.4 Å². The average molecular weight is 417 g/mol. The van der Waals surface area contributed by atoms with E-state index < -0.39 is 0 Å². The second-order valence-electron chi connectivity index (χ2n) is 6.25.